The number of ether oxygens (including phenoxy) is 1. The van der Waals surface area contributed by atoms with Gasteiger partial charge in [0.15, 0.2) is 0 Å². The first kappa shape index (κ1) is 21.2. The Morgan fingerprint density at radius 3 is 2.21 bits per heavy atom. The Morgan fingerprint density at radius 2 is 1.50 bits per heavy atom. The lowest BCUT2D eigenvalue weighted by atomic mass is 9.78. The van der Waals surface area contributed by atoms with Gasteiger partial charge < -0.3 is 18.6 Å². The number of para-hydroxylation sites is 2. The van der Waals surface area contributed by atoms with Gasteiger partial charge >= 0.3 is 7.12 Å². The second-order valence-corrected chi connectivity index (χ2v) is 9.40. The summed E-state index contributed by atoms with van der Waals surface area (Å²) in [7, 11) is -0.452. The van der Waals surface area contributed by atoms with Crippen molar-refractivity contribution in [3.63, 3.8) is 0 Å². The minimum absolute atomic E-state index is 0.452. The number of nitrogens with zero attached hydrogens (tertiary/aromatic N) is 1. The summed E-state index contributed by atoms with van der Waals surface area (Å²) >= 11 is 3.65. The molecule has 0 atom stereocenters. The fourth-order valence-electron chi connectivity index (χ4n) is 4.50. The van der Waals surface area contributed by atoms with Crippen molar-refractivity contribution in [1.29, 1.82) is 0 Å². The van der Waals surface area contributed by atoms with E-state index >= 15 is 0 Å². The van der Waals surface area contributed by atoms with Crippen LogP contribution in [0.4, 0.5) is 0 Å². The van der Waals surface area contributed by atoms with Crippen LogP contribution in [-0.2, 0) is 0 Å². The number of unbranched alkanes of at least 4 members (excludes halogenated alkanes) is 1. The highest BCUT2D eigenvalue weighted by Gasteiger charge is 2.34. The molecule has 0 unspecified atom stereocenters. The Hall–Kier alpha value is -3.38. The largest absolute Gasteiger partial charge is 0.632 e. The van der Waals surface area contributed by atoms with Crippen LogP contribution in [0.3, 0.4) is 0 Å². The molecule has 6 rings (SSSR count). The van der Waals surface area contributed by atoms with Crippen molar-refractivity contribution in [1.82, 2.24) is 4.57 Å². The average molecular weight is 512 g/mol. The van der Waals surface area contributed by atoms with Gasteiger partial charge in [0.2, 0.25) is 0 Å². The lowest BCUT2D eigenvalue weighted by Crippen LogP contribution is -2.38. The van der Waals surface area contributed by atoms with Crippen LogP contribution in [0, 0.1) is 0 Å². The van der Waals surface area contributed by atoms with E-state index in [4.69, 9.17) is 14.0 Å². The molecule has 0 spiro atoms. The van der Waals surface area contributed by atoms with E-state index in [0.717, 1.165) is 68.7 Å². The Balaban J connectivity index is 1.43. The molecule has 0 saturated carbocycles. The van der Waals surface area contributed by atoms with Crippen LogP contribution < -0.4 is 19.5 Å². The van der Waals surface area contributed by atoms with Crippen LogP contribution in [0.25, 0.3) is 27.5 Å². The first-order valence-corrected chi connectivity index (χ1v) is 12.4. The molecule has 0 amide bonds. The van der Waals surface area contributed by atoms with E-state index in [9.17, 15) is 0 Å². The number of halogens is 1. The highest BCUT2D eigenvalue weighted by Crippen LogP contribution is 2.35. The molecule has 0 bridgehead atoms. The first-order valence-electron chi connectivity index (χ1n) is 11.6. The number of fused-ring (bicyclic) bond motifs is 4. The second-order valence-electron chi connectivity index (χ2n) is 8.48. The van der Waals surface area contributed by atoms with Gasteiger partial charge in [0.25, 0.3) is 0 Å². The third-order valence-electron chi connectivity index (χ3n) is 6.20. The van der Waals surface area contributed by atoms with E-state index in [1.165, 1.54) is 5.39 Å². The minimum Gasteiger partial charge on any atom is -0.519 e. The molecule has 4 aromatic carbocycles. The van der Waals surface area contributed by atoms with Crippen molar-refractivity contribution < 1.29 is 14.0 Å². The minimum atomic E-state index is -0.452. The van der Waals surface area contributed by atoms with E-state index in [0.29, 0.717) is 0 Å². The first-order chi connectivity index (χ1) is 16.7. The van der Waals surface area contributed by atoms with Gasteiger partial charge in [-0.2, -0.15) is 0 Å². The highest BCUT2D eigenvalue weighted by molar-refractivity contribution is 9.10. The smallest absolute Gasteiger partial charge is 0.519 e. The Bertz CT molecular complexity index is 1470. The van der Waals surface area contributed by atoms with Crippen molar-refractivity contribution in [3.05, 3.63) is 89.4 Å². The van der Waals surface area contributed by atoms with E-state index in [1.54, 1.807) is 0 Å². The van der Waals surface area contributed by atoms with Gasteiger partial charge in [-0.25, -0.2) is 0 Å². The molecule has 1 aliphatic rings. The van der Waals surface area contributed by atoms with Crippen molar-refractivity contribution in [2.45, 2.75) is 19.8 Å². The number of benzene rings is 4. The molecule has 0 fully saturated rings. The van der Waals surface area contributed by atoms with E-state index in [-0.39, 0.29) is 0 Å². The molecule has 34 heavy (non-hydrogen) atoms. The molecule has 0 saturated heterocycles. The zero-order chi connectivity index (χ0) is 23.1. The van der Waals surface area contributed by atoms with Crippen molar-refractivity contribution in [2.24, 2.45) is 0 Å². The molecule has 0 radical (unpaired) electrons. The lowest BCUT2D eigenvalue weighted by molar-refractivity contribution is 0.309. The maximum Gasteiger partial charge on any atom is 0.632 e. The third-order valence-corrected chi connectivity index (χ3v) is 6.70. The monoisotopic (exact) mass is 511 g/mol. The molecule has 4 nitrogen and oxygen atoms in total. The molecule has 6 heteroatoms. The van der Waals surface area contributed by atoms with Crippen LogP contribution in [0.15, 0.2) is 89.4 Å². The Labute approximate surface area is 207 Å². The maximum absolute atomic E-state index is 6.07. The summed E-state index contributed by atoms with van der Waals surface area (Å²) in [6.45, 7) is 2.92. The topological polar surface area (TPSA) is 32.6 Å². The van der Waals surface area contributed by atoms with Gasteiger partial charge in [-0.05, 0) is 73.2 Å². The van der Waals surface area contributed by atoms with Crippen LogP contribution >= 0.6 is 15.9 Å². The van der Waals surface area contributed by atoms with E-state index in [2.05, 4.69) is 76.0 Å². The molecule has 1 aliphatic heterocycles. The van der Waals surface area contributed by atoms with Crippen molar-refractivity contribution in [3.8, 4) is 22.9 Å². The molecule has 1 aromatic heterocycles. The highest BCUT2D eigenvalue weighted by atomic mass is 79.9. The summed E-state index contributed by atoms with van der Waals surface area (Å²) in [5, 5.41) is 2.32. The molecular formula is C28H23BBrNO3. The van der Waals surface area contributed by atoms with E-state index < -0.39 is 7.12 Å². The molecule has 0 aliphatic carbocycles. The molecule has 5 aromatic rings. The zero-order valence-corrected chi connectivity index (χ0v) is 20.4. The summed E-state index contributed by atoms with van der Waals surface area (Å²) in [6.07, 6.45) is 2.19. The van der Waals surface area contributed by atoms with Gasteiger partial charge in [0.05, 0.1) is 17.6 Å². The lowest BCUT2D eigenvalue weighted by Gasteiger charge is -2.10. The summed E-state index contributed by atoms with van der Waals surface area (Å²) in [5.74, 6) is 2.45. The van der Waals surface area contributed by atoms with Gasteiger partial charge in [-0.15, -0.1) is 0 Å². The van der Waals surface area contributed by atoms with Crippen LogP contribution in [0.5, 0.6) is 17.2 Å². The third kappa shape index (κ3) is 3.72. The van der Waals surface area contributed by atoms with Gasteiger partial charge in [-0.1, -0.05) is 47.5 Å². The normalized spacial score (nSPS) is 12.6. The summed E-state index contributed by atoms with van der Waals surface area (Å²) in [4.78, 5) is 0. The maximum atomic E-state index is 6.07. The summed E-state index contributed by atoms with van der Waals surface area (Å²) in [5.41, 5.74) is 4.36. The van der Waals surface area contributed by atoms with Crippen LogP contribution in [0.1, 0.15) is 19.8 Å². The summed E-state index contributed by atoms with van der Waals surface area (Å²) in [6, 6.07) is 29.0. The predicted octanol–water partition coefficient (Wildman–Crippen LogP) is 6.89. The van der Waals surface area contributed by atoms with Gasteiger partial charge in [-0.3, -0.25) is 0 Å². The Kier molecular flexibility index (Phi) is 5.46. The number of aromatic nitrogens is 1. The summed E-state index contributed by atoms with van der Waals surface area (Å²) < 4.78 is 21.3. The van der Waals surface area contributed by atoms with Gasteiger partial charge in [0, 0.05) is 26.4 Å². The Morgan fingerprint density at radius 1 is 0.824 bits per heavy atom. The quantitative estimate of drug-likeness (QED) is 0.184. The molecular weight excluding hydrogens is 489 g/mol. The van der Waals surface area contributed by atoms with Crippen molar-refractivity contribution >= 4 is 50.3 Å². The van der Waals surface area contributed by atoms with Gasteiger partial charge in [0.1, 0.15) is 17.2 Å². The number of rotatable bonds is 6. The van der Waals surface area contributed by atoms with Crippen LogP contribution in [-0.4, -0.2) is 18.3 Å². The van der Waals surface area contributed by atoms with Crippen LogP contribution in [0.2, 0.25) is 0 Å². The molecule has 0 N–H and O–H groups in total. The molecule has 2 heterocycles. The number of hydrogen-bond donors (Lipinski definition) is 0. The van der Waals surface area contributed by atoms with Crippen molar-refractivity contribution in [2.75, 3.05) is 6.61 Å². The zero-order valence-electron chi connectivity index (χ0n) is 18.8. The predicted molar refractivity (Wildman–Crippen MR) is 142 cm³/mol. The second kappa shape index (κ2) is 8.77. The molecule has 168 valence electrons. The number of hydrogen-bond acceptors (Lipinski definition) is 3. The fourth-order valence-corrected chi connectivity index (χ4v) is 4.86. The standard InChI is InChI=1S/C28H23BBrNO3/c1-2-3-16-32-22-12-10-21(11-13-22)31-25-14-8-19(29-33-27-6-4-5-7-28(27)34-29)17-23(25)24-18-20(30)9-15-26(24)31/h4-15,17-18H,2-3,16H2,1H3. The average Bonchev–Trinajstić information content (AvgIpc) is 3.43. The van der Waals surface area contributed by atoms with E-state index in [1.807, 2.05) is 36.4 Å². The fraction of sp³-hybridized carbons (Fsp3) is 0.143. The SMILES string of the molecule is CCCCOc1ccc(-n2c3ccc(Br)cc3c3cc(B4Oc5ccccc5O4)ccc32)cc1.